The number of aliphatic hydroxyl groups excluding tert-OH is 2. The lowest BCUT2D eigenvalue weighted by molar-refractivity contribution is -0.144. The van der Waals surface area contributed by atoms with Crippen molar-refractivity contribution in [2.24, 2.45) is 11.8 Å². The Morgan fingerprint density at radius 3 is 1.49 bits per heavy atom. The van der Waals surface area contributed by atoms with Crippen LogP contribution in [0, 0.1) is 11.8 Å². The van der Waals surface area contributed by atoms with Crippen LogP contribution in [0.3, 0.4) is 0 Å². The van der Waals surface area contributed by atoms with Crippen LogP contribution in [-0.4, -0.2) is 73.1 Å². The molecule has 0 aliphatic carbocycles. The Morgan fingerprint density at radius 2 is 0.964 bits per heavy atom. The van der Waals surface area contributed by atoms with Crippen LogP contribution in [0.15, 0.2) is 0 Å². The van der Waals surface area contributed by atoms with Crippen molar-refractivity contribution in [2.45, 2.75) is 246 Å². The Morgan fingerprint density at radius 1 is 0.527 bits per heavy atom. The second-order valence-electron chi connectivity index (χ2n) is 16.6. The molecule has 0 fully saturated rings. The lowest BCUT2D eigenvalue weighted by Crippen LogP contribution is -2.34. The summed E-state index contributed by atoms with van der Waals surface area (Å²) < 4.78 is 10.3. The van der Waals surface area contributed by atoms with Gasteiger partial charge in [0, 0.05) is 19.6 Å². The normalized spacial score (nSPS) is 12.9. The highest BCUT2D eigenvalue weighted by Gasteiger charge is 2.13. The quantitative estimate of drug-likeness (QED) is 0.0361. The van der Waals surface area contributed by atoms with Crippen LogP contribution >= 0.6 is 0 Å². The van der Waals surface area contributed by atoms with Crippen molar-refractivity contribution >= 4 is 12.4 Å². The van der Waals surface area contributed by atoms with Crippen LogP contribution < -0.4 is 0 Å². The monoisotopic (exact) mass is 784 g/mol. The summed E-state index contributed by atoms with van der Waals surface area (Å²) in [7, 11) is 0. The van der Waals surface area contributed by atoms with Crippen molar-refractivity contribution in [3.05, 3.63) is 0 Å². The molecule has 0 heterocycles. The summed E-state index contributed by atoms with van der Waals surface area (Å²) in [6.07, 6.45) is 37.7. The van der Waals surface area contributed by atoms with Gasteiger partial charge >= 0.3 is 5.97 Å². The highest BCUT2D eigenvalue weighted by atomic mass is 16.5. The molecule has 330 valence electrons. The fourth-order valence-corrected chi connectivity index (χ4v) is 7.60. The van der Waals surface area contributed by atoms with Gasteiger partial charge in [0.2, 0.25) is 0 Å². The number of hydrogen-bond donors (Lipinski definition) is 2. The number of nitrogens with zero attached hydrogens (tertiary/aromatic N) is 1. The lowest BCUT2D eigenvalue weighted by atomic mass is 9.91. The van der Waals surface area contributed by atoms with Gasteiger partial charge in [-0.1, -0.05) is 169 Å². The van der Waals surface area contributed by atoms with Gasteiger partial charge in [-0.15, -0.1) is 0 Å². The van der Waals surface area contributed by atoms with Crippen molar-refractivity contribution in [1.82, 2.24) is 4.90 Å². The van der Waals surface area contributed by atoms with Gasteiger partial charge in [0.1, 0.15) is 0 Å². The molecule has 55 heavy (non-hydrogen) atoms. The predicted octanol–water partition coefficient (Wildman–Crippen LogP) is 13.2. The van der Waals surface area contributed by atoms with Crippen LogP contribution in [0.4, 0.5) is 0 Å². The number of hydrogen-bond acceptors (Lipinski definition) is 7. The van der Waals surface area contributed by atoms with E-state index in [0.29, 0.717) is 26.1 Å². The van der Waals surface area contributed by atoms with Crippen LogP contribution in [0.5, 0.6) is 0 Å². The summed E-state index contributed by atoms with van der Waals surface area (Å²) in [6.45, 7) is 16.0. The molecule has 0 bridgehead atoms. The molecule has 3 atom stereocenters. The molecule has 0 saturated carbocycles. The third-order valence-corrected chi connectivity index (χ3v) is 11.2. The highest BCUT2D eigenvalue weighted by molar-refractivity contribution is 5.69. The van der Waals surface area contributed by atoms with E-state index in [2.05, 4.69) is 39.5 Å². The van der Waals surface area contributed by atoms with E-state index in [1.165, 1.54) is 128 Å². The van der Waals surface area contributed by atoms with E-state index in [4.69, 9.17) is 14.6 Å². The van der Waals surface area contributed by atoms with Gasteiger partial charge < -0.3 is 24.6 Å². The van der Waals surface area contributed by atoms with Crippen LogP contribution in [0.2, 0.25) is 0 Å². The molecule has 0 aliphatic rings. The molecule has 0 aromatic heterocycles. The molecule has 2 N–H and O–H groups in total. The number of unbranched alkanes of at least 4 members (excludes halogenated alkanes) is 15. The molecular weight excluding hydrogens is 687 g/mol. The molecule has 0 amide bonds. The zero-order chi connectivity index (χ0) is 40.9. The summed E-state index contributed by atoms with van der Waals surface area (Å²) in [4.78, 5) is 24.6. The lowest BCUT2D eigenvalue weighted by Gasteiger charge is -2.25. The Bertz CT molecular complexity index is 752. The van der Waals surface area contributed by atoms with Gasteiger partial charge in [-0.2, -0.15) is 0 Å². The average molecular weight is 784 g/mol. The minimum Gasteiger partial charge on any atom is -0.468 e. The van der Waals surface area contributed by atoms with E-state index in [0.717, 1.165) is 102 Å². The number of carbonyl (C=O) groups is 2. The molecule has 0 aromatic carbocycles. The molecule has 0 aliphatic heterocycles. The van der Waals surface area contributed by atoms with Gasteiger partial charge in [0.15, 0.2) is 0 Å². The minimum absolute atomic E-state index is 0.0289. The molecule has 0 saturated heterocycles. The first-order valence-electron chi connectivity index (χ1n) is 24.1. The largest absolute Gasteiger partial charge is 0.468 e. The average Bonchev–Trinajstić information content (AvgIpc) is 3.18. The van der Waals surface area contributed by atoms with E-state index in [-0.39, 0.29) is 18.7 Å². The SMILES string of the molecule is CCCCCCC(CCCC)CCCOC(=O)CCCCCCN(CCCCCO)CC(O)CCCCC.CCCCCCC(CCCC)CCCOC=O. The molecule has 3 unspecified atom stereocenters. The summed E-state index contributed by atoms with van der Waals surface area (Å²) in [5.74, 6) is 1.62. The first kappa shape index (κ1) is 55.9. The summed E-state index contributed by atoms with van der Waals surface area (Å²) in [5.41, 5.74) is 0. The summed E-state index contributed by atoms with van der Waals surface area (Å²) in [5, 5.41) is 19.5. The van der Waals surface area contributed by atoms with Crippen molar-refractivity contribution in [3.8, 4) is 0 Å². The van der Waals surface area contributed by atoms with Crippen molar-refractivity contribution in [2.75, 3.05) is 39.5 Å². The second kappa shape index (κ2) is 47.2. The molecule has 0 radical (unpaired) electrons. The van der Waals surface area contributed by atoms with E-state index >= 15 is 0 Å². The molecule has 7 heteroatoms. The molecule has 0 aromatic rings. The van der Waals surface area contributed by atoms with Gasteiger partial charge in [-0.25, -0.2) is 0 Å². The third kappa shape index (κ3) is 43.8. The molecule has 7 nitrogen and oxygen atoms in total. The van der Waals surface area contributed by atoms with E-state index in [9.17, 15) is 14.7 Å². The number of aliphatic hydroxyl groups is 2. The minimum atomic E-state index is -0.239. The zero-order valence-corrected chi connectivity index (χ0v) is 37.7. The van der Waals surface area contributed by atoms with Gasteiger partial charge in [0.25, 0.3) is 6.47 Å². The van der Waals surface area contributed by atoms with Gasteiger partial charge in [-0.05, 0) is 89.1 Å². The Kier molecular flexibility index (Phi) is 48.0. The van der Waals surface area contributed by atoms with Gasteiger partial charge in [-0.3, -0.25) is 9.59 Å². The molecular formula is C48H97NO6. The van der Waals surface area contributed by atoms with Crippen molar-refractivity contribution in [1.29, 1.82) is 0 Å². The predicted molar refractivity (Wildman–Crippen MR) is 236 cm³/mol. The van der Waals surface area contributed by atoms with E-state index in [1.54, 1.807) is 0 Å². The fraction of sp³-hybridized carbons (Fsp3) is 0.958. The fourth-order valence-electron chi connectivity index (χ4n) is 7.60. The number of esters is 1. The maximum absolute atomic E-state index is 12.2. The number of ether oxygens (including phenoxy) is 2. The van der Waals surface area contributed by atoms with Crippen molar-refractivity contribution < 1.29 is 29.3 Å². The Hall–Kier alpha value is -1.18. The molecule has 0 spiro atoms. The topological polar surface area (TPSA) is 96.3 Å². The van der Waals surface area contributed by atoms with Crippen LogP contribution in [0.25, 0.3) is 0 Å². The number of rotatable bonds is 43. The Balaban J connectivity index is 0. The van der Waals surface area contributed by atoms with Crippen LogP contribution in [-0.2, 0) is 19.1 Å². The summed E-state index contributed by atoms with van der Waals surface area (Å²) in [6, 6.07) is 0. The summed E-state index contributed by atoms with van der Waals surface area (Å²) >= 11 is 0. The zero-order valence-electron chi connectivity index (χ0n) is 37.7. The first-order valence-corrected chi connectivity index (χ1v) is 24.1. The maximum Gasteiger partial charge on any atom is 0.305 e. The smallest absolute Gasteiger partial charge is 0.305 e. The van der Waals surface area contributed by atoms with E-state index in [1.807, 2.05) is 0 Å². The standard InChI is InChI=1S/C33H67NO4.C15H30O2/c1-4-7-10-15-22-31(21-9-6-3)23-20-29-38-33(37)25-16-11-12-17-26-34(27-18-13-19-28-35)30-32(36)24-14-8-5-2;1-3-5-7-8-11-15(10-6-4-2)12-9-13-17-14-16/h31-32,35-36H,4-30H2,1-3H3;14-15H,3-13H2,1-2H3. The van der Waals surface area contributed by atoms with Crippen molar-refractivity contribution in [3.63, 3.8) is 0 Å². The highest BCUT2D eigenvalue weighted by Crippen LogP contribution is 2.23. The van der Waals surface area contributed by atoms with Crippen LogP contribution in [0.1, 0.15) is 240 Å². The second-order valence-corrected chi connectivity index (χ2v) is 16.6. The third-order valence-electron chi connectivity index (χ3n) is 11.2. The Labute approximate surface area is 343 Å². The number of carbonyl (C=O) groups excluding carboxylic acids is 2. The first-order chi connectivity index (χ1) is 26.9. The van der Waals surface area contributed by atoms with Gasteiger partial charge in [0.05, 0.1) is 19.3 Å². The molecule has 0 rings (SSSR count). The van der Waals surface area contributed by atoms with E-state index < -0.39 is 0 Å². The maximum atomic E-state index is 12.2.